The van der Waals surface area contributed by atoms with Crippen molar-refractivity contribution in [3.63, 3.8) is 0 Å². The van der Waals surface area contributed by atoms with Crippen molar-refractivity contribution in [3.05, 3.63) is 59.7 Å². The summed E-state index contributed by atoms with van der Waals surface area (Å²) in [6.07, 6.45) is -16.3. The Bertz CT molecular complexity index is 2140. The van der Waals surface area contributed by atoms with E-state index < -0.39 is 141 Å². The molecule has 23 nitrogen and oxygen atoms in total. The monoisotopic (exact) mass is 944 g/mol. The molecule has 3 N–H and O–H groups in total. The number of carboxylic acid groups (broad SMARTS) is 1. The van der Waals surface area contributed by atoms with Gasteiger partial charge in [-0.05, 0) is 22.3 Å². The van der Waals surface area contributed by atoms with Gasteiger partial charge in [0.25, 0.3) is 0 Å². The van der Waals surface area contributed by atoms with E-state index >= 15 is 0 Å². The Morgan fingerprint density at radius 2 is 1.04 bits per heavy atom. The summed E-state index contributed by atoms with van der Waals surface area (Å²) in [4.78, 5) is 113. The van der Waals surface area contributed by atoms with E-state index in [1.165, 1.54) is 0 Å². The maximum atomic E-state index is 13.2. The van der Waals surface area contributed by atoms with Crippen LogP contribution < -0.4 is 10.6 Å². The maximum Gasteiger partial charge on any atom is 0.407 e. The first-order chi connectivity index (χ1) is 31.7. The van der Waals surface area contributed by atoms with E-state index in [0.29, 0.717) is 0 Å². The number of carboxylic acids is 1. The van der Waals surface area contributed by atoms with Gasteiger partial charge in [-0.2, -0.15) is 0 Å². The van der Waals surface area contributed by atoms with Crippen LogP contribution in [0.15, 0.2) is 48.5 Å². The van der Waals surface area contributed by atoms with Crippen molar-refractivity contribution >= 4 is 53.8 Å². The number of rotatable bonds is 18. The molecule has 11 unspecified atom stereocenters. The summed E-state index contributed by atoms with van der Waals surface area (Å²) in [6.45, 7) is 4.90. The van der Waals surface area contributed by atoms with Crippen LogP contribution in [0.25, 0.3) is 11.1 Å². The van der Waals surface area contributed by atoms with Gasteiger partial charge in [-0.25, -0.2) is 9.59 Å². The lowest BCUT2D eigenvalue weighted by molar-refractivity contribution is -0.350. The summed E-state index contributed by atoms with van der Waals surface area (Å²) in [5.74, 6) is -8.10. The number of carbonyl (C=O) groups excluding carboxylic acids is 8. The van der Waals surface area contributed by atoms with E-state index in [-0.39, 0.29) is 12.5 Å². The second kappa shape index (κ2) is 23.2. The highest BCUT2D eigenvalue weighted by atomic mass is 16.8. The smallest absolute Gasteiger partial charge is 0.407 e. The van der Waals surface area contributed by atoms with Gasteiger partial charge in [-0.15, -0.1) is 0 Å². The number of benzene rings is 2. The second-order valence-corrected chi connectivity index (χ2v) is 15.5. The maximum absolute atomic E-state index is 13.2. The van der Waals surface area contributed by atoms with Gasteiger partial charge in [0, 0.05) is 54.4 Å². The molecule has 0 aromatic heterocycles. The zero-order chi connectivity index (χ0) is 49.1. The molecule has 0 spiro atoms. The third-order valence-corrected chi connectivity index (χ3v) is 10.4. The van der Waals surface area contributed by atoms with Gasteiger partial charge in [-0.3, -0.25) is 33.6 Å². The molecule has 2 saturated heterocycles. The fourth-order valence-corrected chi connectivity index (χ4v) is 7.86. The minimum atomic E-state index is -1.90. The third kappa shape index (κ3) is 13.7. The summed E-state index contributed by atoms with van der Waals surface area (Å²) in [5.41, 5.74) is 3.76. The number of alkyl carbamates (subject to hydrolysis) is 1. The first-order valence-corrected chi connectivity index (χ1v) is 20.9. The molecular formula is C44H52N2O21. The zero-order valence-electron chi connectivity index (χ0n) is 37.5. The Hall–Kier alpha value is -6.69. The number of fused-ring (bicyclic) bond motifs is 3. The molecule has 0 radical (unpaired) electrons. The molecule has 5 rings (SSSR count). The lowest BCUT2D eigenvalue weighted by atomic mass is 9.94. The van der Waals surface area contributed by atoms with Crippen LogP contribution in [0.3, 0.4) is 0 Å². The summed E-state index contributed by atoms with van der Waals surface area (Å²) >= 11 is 0. The molecule has 11 atom stereocenters. The topological polar surface area (TPSA) is 299 Å². The predicted octanol–water partition coefficient (Wildman–Crippen LogP) is 1.19. The molecule has 2 fully saturated rings. The minimum absolute atomic E-state index is 0.147. The SMILES string of the molecule is CC(=O)NC1C(OCC(NC(=O)OCC2c3ccccc3-c3ccccc32)C(=O)O)OC(COC(C)=O)C(OC2OC(COC(C)=O)C(OC(C)=O)C(OC(C)=O)C2OC(C)=O)C1OC(C)=O. The summed E-state index contributed by atoms with van der Waals surface area (Å²) in [6, 6.07) is 11.8. The zero-order valence-corrected chi connectivity index (χ0v) is 37.5. The molecule has 2 amide bonds. The fourth-order valence-electron chi connectivity index (χ4n) is 7.86. The van der Waals surface area contributed by atoms with Gasteiger partial charge in [-0.1, -0.05) is 48.5 Å². The molecule has 0 bridgehead atoms. The average molecular weight is 945 g/mol. The summed E-state index contributed by atoms with van der Waals surface area (Å²) in [5, 5.41) is 14.9. The number of esters is 6. The second-order valence-electron chi connectivity index (χ2n) is 15.5. The first-order valence-electron chi connectivity index (χ1n) is 20.9. The predicted molar refractivity (Wildman–Crippen MR) is 221 cm³/mol. The van der Waals surface area contributed by atoms with E-state index in [4.69, 9.17) is 52.1 Å². The Labute approximate surface area is 383 Å². The van der Waals surface area contributed by atoms with E-state index in [2.05, 4.69) is 10.6 Å². The highest BCUT2D eigenvalue weighted by Gasteiger charge is 2.57. The summed E-state index contributed by atoms with van der Waals surface area (Å²) < 4.78 is 62.5. The standard InChI is InChI=1S/C44H52N2O21/c1-20(47)45-35-38(62-24(5)51)36(67-43-40(64-26(7)53)39(63-25(6)52)37(61-23(4)50)34(66-43)19-58-22(3)49)33(18-57-21(2)48)65-42(35)59-17-32(41(54)55)46-44(56)60-16-31-29-14-10-8-12-27(29)28-13-9-11-15-30(28)31/h8-15,31-40,42-43H,16-19H2,1-7H3,(H,45,47)(H,46,56)(H,54,55). The van der Waals surface area contributed by atoms with Gasteiger partial charge in [0.15, 0.2) is 43.0 Å². The van der Waals surface area contributed by atoms with E-state index in [1.807, 2.05) is 48.5 Å². The molecule has 67 heavy (non-hydrogen) atoms. The van der Waals surface area contributed by atoms with Gasteiger partial charge in [0.1, 0.15) is 44.2 Å². The quantitative estimate of drug-likeness (QED) is 0.140. The van der Waals surface area contributed by atoms with E-state index in [0.717, 1.165) is 70.7 Å². The number of amides is 2. The molecule has 2 aliphatic heterocycles. The molecule has 3 aliphatic rings. The number of carbonyl (C=O) groups is 9. The Morgan fingerprint density at radius 1 is 0.567 bits per heavy atom. The molecule has 1 aliphatic carbocycles. The fraction of sp³-hybridized carbons (Fsp3) is 0.523. The van der Waals surface area contributed by atoms with Crippen molar-refractivity contribution in [1.82, 2.24) is 10.6 Å². The van der Waals surface area contributed by atoms with Gasteiger partial charge >= 0.3 is 47.9 Å². The molecule has 2 aromatic rings. The largest absolute Gasteiger partial charge is 0.480 e. The third-order valence-electron chi connectivity index (χ3n) is 10.4. The van der Waals surface area contributed by atoms with Crippen molar-refractivity contribution in [2.24, 2.45) is 0 Å². The highest BCUT2D eigenvalue weighted by molar-refractivity contribution is 5.81. The van der Waals surface area contributed by atoms with E-state index in [9.17, 15) is 48.3 Å². The number of ether oxygens (including phenoxy) is 11. The van der Waals surface area contributed by atoms with Crippen LogP contribution in [0.1, 0.15) is 65.5 Å². The lowest BCUT2D eigenvalue weighted by Crippen LogP contribution is -2.69. The molecule has 23 heteroatoms. The van der Waals surface area contributed by atoms with Crippen molar-refractivity contribution in [2.45, 2.75) is 122 Å². The van der Waals surface area contributed by atoms with Crippen LogP contribution in [0.4, 0.5) is 4.79 Å². The molecular weight excluding hydrogens is 892 g/mol. The van der Waals surface area contributed by atoms with Crippen LogP contribution in [0.2, 0.25) is 0 Å². The van der Waals surface area contributed by atoms with Crippen LogP contribution in [-0.2, 0) is 90.5 Å². The van der Waals surface area contributed by atoms with Gasteiger partial charge in [0.05, 0.1) is 6.61 Å². The molecule has 2 heterocycles. The van der Waals surface area contributed by atoms with Gasteiger partial charge in [0.2, 0.25) is 5.91 Å². The Morgan fingerprint density at radius 3 is 1.55 bits per heavy atom. The average Bonchev–Trinajstić information content (AvgIpc) is 3.56. The normalized spacial score (nSPS) is 25.7. The number of hydrogen-bond donors (Lipinski definition) is 3. The van der Waals surface area contributed by atoms with Gasteiger partial charge < -0.3 is 67.8 Å². The molecule has 0 saturated carbocycles. The first kappa shape index (κ1) is 51.3. The van der Waals surface area contributed by atoms with Crippen LogP contribution >= 0.6 is 0 Å². The Balaban J connectivity index is 1.43. The number of aliphatic carboxylic acids is 1. The van der Waals surface area contributed by atoms with Crippen molar-refractivity contribution < 1.29 is 100 Å². The van der Waals surface area contributed by atoms with Crippen molar-refractivity contribution in [3.8, 4) is 11.1 Å². The molecule has 2 aromatic carbocycles. The number of hydrogen-bond acceptors (Lipinski definition) is 20. The van der Waals surface area contributed by atoms with Crippen LogP contribution in [0.5, 0.6) is 0 Å². The minimum Gasteiger partial charge on any atom is -0.480 e. The highest BCUT2D eigenvalue weighted by Crippen LogP contribution is 2.44. The van der Waals surface area contributed by atoms with Crippen molar-refractivity contribution in [1.29, 1.82) is 0 Å². The van der Waals surface area contributed by atoms with Crippen LogP contribution in [-0.4, -0.2) is 153 Å². The number of nitrogens with one attached hydrogen (secondary N) is 2. The molecule has 364 valence electrons. The Kier molecular flexibility index (Phi) is 17.7. The lowest BCUT2D eigenvalue weighted by Gasteiger charge is -2.49. The van der Waals surface area contributed by atoms with Crippen molar-refractivity contribution in [2.75, 3.05) is 26.4 Å². The summed E-state index contributed by atoms with van der Waals surface area (Å²) in [7, 11) is 0. The van der Waals surface area contributed by atoms with E-state index in [1.54, 1.807) is 0 Å². The van der Waals surface area contributed by atoms with Crippen LogP contribution in [0, 0.1) is 0 Å².